The van der Waals surface area contributed by atoms with E-state index in [1.807, 2.05) is 4.90 Å². The number of amides is 1. The van der Waals surface area contributed by atoms with Crippen LogP contribution in [0.4, 0.5) is 5.69 Å². The van der Waals surface area contributed by atoms with Crippen molar-refractivity contribution in [3.63, 3.8) is 0 Å². The Morgan fingerprint density at radius 1 is 1.12 bits per heavy atom. The molecule has 25 heavy (non-hydrogen) atoms. The van der Waals surface area contributed by atoms with Gasteiger partial charge in [-0.1, -0.05) is 0 Å². The standard InChI is InChI=1S/C16H23N3O5S/c1-25(21,22)19-6-2-5-18(7-8-19)12-16(20)17-13-3-4-14-15(11-13)24-10-9-23-14/h3-4,11H,2,5-10,12H2,1H3,(H,17,20). The summed E-state index contributed by atoms with van der Waals surface area (Å²) in [6.45, 7) is 3.40. The summed E-state index contributed by atoms with van der Waals surface area (Å²) in [5.74, 6) is 1.17. The van der Waals surface area contributed by atoms with Crippen LogP contribution in [-0.2, 0) is 14.8 Å². The zero-order valence-electron chi connectivity index (χ0n) is 14.2. The van der Waals surface area contributed by atoms with Crippen LogP contribution >= 0.6 is 0 Å². The predicted molar refractivity (Wildman–Crippen MR) is 93.5 cm³/mol. The van der Waals surface area contributed by atoms with Gasteiger partial charge in [0.15, 0.2) is 11.5 Å². The molecule has 3 rings (SSSR count). The topological polar surface area (TPSA) is 88.2 Å². The molecule has 0 bridgehead atoms. The Hall–Kier alpha value is -1.84. The number of rotatable bonds is 4. The lowest BCUT2D eigenvalue weighted by Crippen LogP contribution is -2.37. The van der Waals surface area contributed by atoms with Crippen molar-refractivity contribution in [3.05, 3.63) is 18.2 Å². The van der Waals surface area contributed by atoms with Crippen LogP contribution < -0.4 is 14.8 Å². The van der Waals surface area contributed by atoms with Gasteiger partial charge in [-0.25, -0.2) is 12.7 Å². The molecule has 2 heterocycles. The molecule has 1 fully saturated rings. The Labute approximate surface area is 147 Å². The molecule has 0 aromatic heterocycles. The number of hydrogen-bond acceptors (Lipinski definition) is 6. The molecule has 1 N–H and O–H groups in total. The number of sulfonamides is 1. The normalized spacial score (nSPS) is 19.2. The summed E-state index contributed by atoms with van der Waals surface area (Å²) in [5, 5.41) is 2.85. The summed E-state index contributed by atoms with van der Waals surface area (Å²) in [7, 11) is -3.18. The second kappa shape index (κ2) is 7.59. The number of fused-ring (bicyclic) bond motifs is 1. The molecule has 2 aliphatic rings. The molecule has 1 amide bonds. The highest BCUT2D eigenvalue weighted by Gasteiger charge is 2.22. The van der Waals surface area contributed by atoms with Crippen LogP contribution in [0, 0.1) is 0 Å². The van der Waals surface area contributed by atoms with E-state index in [1.165, 1.54) is 10.6 Å². The first-order valence-electron chi connectivity index (χ1n) is 8.29. The Bertz CT molecular complexity index is 737. The SMILES string of the molecule is CS(=O)(=O)N1CCCN(CC(=O)Nc2ccc3c(c2)OCCO3)CC1. The molecule has 1 saturated heterocycles. The van der Waals surface area contributed by atoms with Crippen molar-refractivity contribution in [2.75, 3.05) is 57.5 Å². The zero-order chi connectivity index (χ0) is 17.9. The van der Waals surface area contributed by atoms with Crippen LogP contribution in [0.2, 0.25) is 0 Å². The van der Waals surface area contributed by atoms with Crippen molar-refractivity contribution in [3.8, 4) is 11.5 Å². The van der Waals surface area contributed by atoms with Crippen LogP contribution in [0.5, 0.6) is 11.5 Å². The third-order valence-electron chi connectivity index (χ3n) is 4.21. The molecule has 0 atom stereocenters. The minimum Gasteiger partial charge on any atom is -0.486 e. The molecule has 0 unspecified atom stereocenters. The maximum atomic E-state index is 12.3. The number of carbonyl (C=O) groups is 1. The maximum absolute atomic E-state index is 12.3. The first kappa shape index (κ1) is 18.0. The second-order valence-corrected chi connectivity index (χ2v) is 8.18. The summed E-state index contributed by atoms with van der Waals surface area (Å²) >= 11 is 0. The molecule has 138 valence electrons. The number of ether oxygens (including phenoxy) is 2. The van der Waals surface area contributed by atoms with Gasteiger partial charge in [-0.2, -0.15) is 0 Å². The van der Waals surface area contributed by atoms with Gasteiger partial charge in [-0.15, -0.1) is 0 Å². The van der Waals surface area contributed by atoms with E-state index in [0.29, 0.717) is 63.0 Å². The maximum Gasteiger partial charge on any atom is 0.238 e. The van der Waals surface area contributed by atoms with Gasteiger partial charge in [-0.3, -0.25) is 9.69 Å². The lowest BCUT2D eigenvalue weighted by Gasteiger charge is -2.21. The van der Waals surface area contributed by atoms with Gasteiger partial charge >= 0.3 is 0 Å². The first-order valence-corrected chi connectivity index (χ1v) is 10.1. The molecular formula is C16H23N3O5S. The van der Waals surface area contributed by atoms with Gasteiger partial charge in [-0.05, 0) is 25.1 Å². The summed E-state index contributed by atoms with van der Waals surface area (Å²) in [5.41, 5.74) is 0.654. The smallest absolute Gasteiger partial charge is 0.238 e. The van der Waals surface area contributed by atoms with Gasteiger partial charge in [0, 0.05) is 31.4 Å². The number of nitrogens with one attached hydrogen (secondary N) is 1. The van der Waals surface area contributed by atoms with E-state index < -0.39 is 10.0 Å². The summed E-state index contributed by atoms with van der Waals surface area (Å²) in [6, 6.07) is 5.31. The van der Waals surface area contributed by atoms with E-state index in [4.69, 9.17) is 9.47 Å². The van der Waals surface area contributed by atoms with Gasteiger partial charge in [0.1, 0.15) is 13.2 Å². The fraction of sp³-hybridized carbons (Fsp3) is 0.562. The fourth-order valence-electron chi connectivity index (χ4n) is 2.96. The minimum absolute atomic E-state index is 0.135. The summed E-state index contributed by atoms with van der Waals surface area (Å²) in [4.78, 5) is 14.3. The number of anilines is 1. The first-order chi connectivity index (χ1) is 11.9. The molecule has 0 saturated carbocycles. The second-order valence-electron chi connectivity index (χ2n) is 6.20. The van der Waals surface area contributed by atoms with Crippen LogP contribution in [0.3, 0.4) is 0 Å². The Morgan fingerprint density at radius 2 is 1.88 bits per heavy atom. The number of benzene rings is 1. The number of hydrogen-bond donors (Lipinski definition) is 1. The van der Waals surface area contributed by atoms with Crippen molar-refractivity contribution < 1.29 is 22.7 Å². The van der Waals surface area contributed by atoms with Crippen molar-refractivity contribution in [2.24, 2.45) is 0 Å². The summed E-state index contributed by atoms with van der Waals surface area (Å²) in [6.07, 6.45) is 1.93. The Kier molecular flexibility index (Phi) is 5.45. The van der Waals surface area contributed by atoms with E-state index in [-0.39, 0.29) is 12.5 Å². The van der Waals surface area contributed by atoms with E-state index in [1.54, 1.807) is 18.2 Å². The largest absolute Gasteiger partial charge is 0.486 e. The van der Waals surface area contributed by atoms with Crippen molar-refractivity contribution in [1.82, 2.24) is 9.21 Å². The van der Waals surface area contributed by atoms with E-state index in [0.717, 1.165) is 0 Å². The predicted octanol–water partition coefficient (Wildman–Crippen LogP) is 0.364. The minimum atomic E-state index is -3.18. The van der Waals surface area contributed by atoms with E-state index in [2.05, 4.69) is 5.32 Å². The van der Waals surface area contributed by atoms with Gasteiger partial charge in [0.2, 0.25) is 15.9 Å². The highest BCUT2D eigenvalue weighted by Crippen LogP contribution is 2.32. The molecule has 1 aromatic carbocycles. The quantitative estimate of drug-likeness (QED) is 0.825. The lowest BCUT2D eigenvalue weighted by molar-refractivity contribution is -0.117. The molecule has 9 heteroatoms. The van der Waals surface area contributed by atoms with Crippen molar-refractivity contribution in [2.45, 2.75) is 6.42 Å². The highest BCUT2D eigenvalue weighted by atomic mass is 32.2. The third-order valence-corrected chi connectivity index (χ3v) is 5.51. The Morgan fingerprint density at radius 3 is 2.64 bits per heavy atom. The van der Waals surface area contributed by atoms with Crippen LogP contribution in [0.15, 0.2) is 18.2 Å². The molecule has 1 aromatic rings. The van der Waals surface area contributed by atoms with Gasteiger partial charge < -0.3 is 14.8 Å². The molecule has 8 nitrogen and oxygen atoms in total. The van der Waals surface area contributed by atoms with Gasteiger partial charge in [0.25, 0.3) is 0 Å². The fourth-order valence-corrected chi connectivity index (χ4v) is 3.84. The van der Waals surface area contributed by atoms with Gasteiger partial charge in [0.05, 0.1) is 12.8 Å². The molecular weight excluding hydrogens is 346 g/mol. The van der Waals surface area contributed by atoms with Crippen LogP contribution in [-0.4, -0.2) is 75.7 Å². The zero-order valence-corrected chi connectivity index (χ0v) is 15.0. The average Bonchev–Trinajstić information content (AvgIpc) is 2.80. The average molecular weight is 369 g/mol. The molecule has 2 aliphatic heterocycles. The molecule has 0 aliphatic carbocycles. The van der Waals surface area contributed by atoms with E-state index in [9.17, 15) is 13.2 Å². The van der Waals surface area contributed by atoms with Crippen LogP contribution in [0.1, 0.15) is 6.42 Å². The molecule has 0 radical (unpaired) electrons. The Balaban J connectivity index is 1.54. The summed E-state index contributed by atoms with van der Waals surface area (Å²) < 4.78 is 35.7. The number of carbonyl (C=O) groups excluding carboxylic acids is 1. The third kappa shape index (κ3) is 4.83. The lowest BCUT2D eigenvalue weighted by atomic mass is 10.2. The van der Waals surface area contributed by atoms with E-state index >= 15 is 0 Å². The monoisotopic (exact) mass is 369 g/mol. The highest BCUT2D eigenvalue weighted by molar-refractivity contribution is 7.88. The van der Waals surface area contributed by atoms with Crippen molar-refractivity contribution in [1.29, 1.82) is 0 Å². The molecule has 0 spiro atoms. The number of nitrogens with zero attached hydrogens (tertiary/aromatic N) is 2. The van der Waals surface area contributed by atoms with Crippen molar-refractivity contribution >= 4 is 21.6 Å². The van der Waals surface area contributed by atoms with Crippen LogP contribution in [0.25, 0.3) is 0 Å².